The van der Waals surface area contributed by atoms with Gasteiger partial charge in [0, 0.05) is 25.3 Å². The third-order valence-electron chi connectivity index (χ3n) is 5.20. The fourth-order valence-corrected chi connectivity index (χ4v) is 3.95. The molecule has 0 aromatic carbocycles. The van der Waals surface area contributed by atoms with Gasteiger partial charge in [0.1, 0.15) is 0 Å². The molecule has 20 heavy (non-hydrogen) atoms. The predicted octanol–water partition coefficient (Wildman–Crippen LogP) is 2.56. The third-order valence-corrected chi connectivity index (χ3v) is 5.20. The number of hydrogen-bond donors (Lipinski definition) is 1. The minimum absolute atomic E-state index is 0.528. The summed E-state index contributed by atoms with van der Waals surface area (Å²) in [5.74, 6) is 0.714. The quantitative estimate of drug-likeness (QED) is 0.919. The molecule has 1 aliphatic heterocycles. The Morgan fingerprint density at radius 2 is 2.05 bits per heavy atom. The summed E-state index contributed by atoms with van der Waals surface area (Å²) in [6, 6.07) is 3.38. The second kappa shape index (κ2) is 6.27. The highest BCUT2D eigenvalue weighted by molar-refractivity contribution is 5.01. The van der Waals surface area contributed by atoms with Gasteiger partial charge in [0.25, 0.3) is 0 Å². The van der Waals surface area contributed by atoms with E-state index in [2.05, 4.69) is 28.8 Å². The van der Waals surface area contributed by atoms with E-state index in [9.17, 15) is 0 Å². The number of likely N-dealkylation sites (tertiary alicyclic amines) is 1. The fourth-order valence-electron chi connectivity index (χ4n) is 3.95. The van der Waals surface area contributed by atoms with Crippen molar-refractivity contribution in [3.8, 4) is 0 Å². The molecule has 0 radical (unpaired) electrons. The van der Waals surface area contributed by atoms with Gasteiger partial charge >= 0.3 is 0 Å². The van der Waals surface area contributed by atoms with Crippen molar-refractivity contribution < 1.29 is 0 Å². The highest BCUT2D eigenvalue weighted by Gasteiger charge is 2.28. The van der Waals surface area contributed by atoms with Gasteiger partial charge in [0.15, 0.2) is 0 Å². The van der Waals surface area contributed by atoms with Crippen LogP contribution in [0.15, 0.2) is 12.3 Å². The number of rotatable bonds is 4. The second-order valence-electron chi connectivity index (χ2n) is 6.62. The Bertz CT molecular complexity index is 422. The number of piperidine rings is 1. The van der Waals surface area contributed by atoms with Crippen molar-refractivity contribution in [1.82, 2.24) is 14.7 Å². The Balaban J connectivity index is 1.64. The predicted molar refractivity (Wildman–Crippen MR) is 81.4 cm³/mol. The number of aromatic nitrogens is 2. The second-order valence-corrected chi connectivity index (χ2v) is 6.62. The van der Waals surface area contributed by atoms with Crippen molar-refractivity contribution in [3.63, 3.8) is 0 Å². The van der Waals surface area contributed by atoms with Crippen LogP contribution in [0.2, 0.25) is 0 Å². The lowest BCUT2D eigenvalue weighted by molar-refractivity contribution is 0.0974. The summed E-state index contributed by atoms with van der Waals surface area (Å²) >= 11 is 0. The lowest BCUT2D eigenvalue weighted by Gasteiger charge is -2.39. The van der Waals surface area contributed by atoms with Crippen LogP contribution in [0.1, 0.15) is 57.2 Å². The molecule has 0 spiro atoms. The van der Waals surface area contributed by atoms with Crippen molar-refractivity contribution in [2.24, 2.45) is 11.7 Å². The van der Waals surface area contributed by atoms with Gasteiger partial charge < -0.3 is 5.73 Å². The molecular formula is C16H28N4. The zero-order valence-electron chi connectivity index (χ0n) is 12.7. The molecule has 1 aliphatic carbocycles. The molecule has 2 fully saturated rings. The molecule has 2 unspecified atom stereocenters. The van der Waals surface area contributed by atoms with Crippen molar-refractivity contribution >= 4 is 0 Å². The van der Waals surface area contributed by atoms with E-state index in [0.29, 0.717) is 18.0 Å². The largest absolute Gasteiger partial charge is 0.329 e. The van der Waals surface area contributed by atoms with E-state index in [1.807, 2.05) is 0 Å². The molecule has 0 bridgehead atoms. The molecule has 1 saturated carbocycles. The van der Waals surface area contributed by atoms with Gasteiger partial charge in [-0.3, -0.25) is 9.58 Å². The first-order valence-corrected chi connectivity index (χ1v) is 8.26. The standard InChI is InChI=1S/C16H28N4/c1-13-5-4-9-19(16(13)11-17)12-14-8-10-20(18-14)15-6-2-3-7-15/h8,10,13,15-16H,2-7,9,11-12,17H2,1H3. The van der Waals surface area contributed by atoms with E-state index >= 15 is 0 Å². The molecule has 1 aromatic rings. The Morgan fingerprint density at radius 1 is 1.25 bits per heavy atom. The molecule has 4 nitrogen and oxygen atoms in total. The van der Waals surface area contributed by atoms with Crippen LogP contribution in [0.4, 0.5) is 0 Å². The van der Waals surface area contributed by atoms with Crippen LogP contribution in [-0.2, 0) is 6.54 Å². The molecule has 1 saturated heterocycles. The van der Waals surface area contributed by atoms with Gasteiger partial charge in [-0.25, -0.2) is 0 Å². The van der Waals surface area contributed by atoms with Crippen molar-refractivity contribution in [1.29, 1.82) is 0 Å². The molecule has 4 heteroatoms. The first-order valence-electron chi connectivity index (χ1n) is 8.26. The summed E-state index contributed by atoms with van der Waals surface area (Å²) in [5.41, 5.74) is 7.19. The van der Waals surface area contributed by atoms with Gasteiger partial charge in [-0.2, -0.15) is 5.10 Å². The Kier molecular flexibility index (Phi) is 4.41. The van der Waals surface area contributed by atoms with Crippen molar-refractivity contribution in [2.75, 3.05) is 13.1 Å². The SMILES string of the molecule is CC1CCCN(Cc2ccn(C3CCCC3)n2)C1CN. The van der Waals surface area contributed by atoms with Crippen molar-refractivity contribution in [2.45, 2.75) is 64.1 Å². The van der Waals surface area contributed by atoms with E-state index in [4.69, 9.17) is 10.8 Å². The molecule has 2 heterocycles. The van der Waals surface area contributed by atoms with Crippen LogP contribution >= 0.6 is 0 Å². The van der Waals surface area contributed by atoms with Gasteiger partial charge in [-0.05, 0) is 44.2 Å². The summed E-state index contributed by atoms with van der Waals surface area (Å²) in [6.07, 6.45) is 10.1. The molecule has 2 atom stereocenters. The van der Waals surface area contributed by atoms with Crippen LogP contribution < -0.4 is 5.73 Å². The minimum Gasteiger partial charge on any atom is -0.329 e. The van der Waals surface area contributed by atoms with E-state index in [1.165, 1.54) is 50.8 Å². The lowest BCUT2D eigenvalue weighted by Crippen LogP contribution is -2.48. The third kappa shape index (κ3) is 2.91. The smallest absolute Gasteiger partial charge is 0.0765 e. The average Bonchev–Trinajstić information content (AvgIpc) is 3.09. The van der Waals surface area contributed by atoms with Gasteiger partial charge in [0.05, 0.1) is 11.7 Å². The van der Waals surface area contributed by atoms with Crippen LogP contribution in [-0.4, -0.2) is 33.8 Å². The average molecular weight is 276 g/mol. The topological polar surface area (TPSA) is 47.1 Å². The van der Waals surface area contributed by atoms with Gasteiger partial charge in [-0.1, -0.05) is 19.8 Å². The Hall–Kier alpha value is -0.870. The Morgan fingerprint density at radius 3 is 2.80 bits per heavy atom. The normalized spacial score (nSPS) is 29.1. The maximum Gasteiger partial charge on any atom is 0.0765 e. The minimum atomic E-state index is 0.528. The van der Waals surface area contributed by atoms with Crippen LogP contribution in [0.5, 0.6) is 0 Å². The number of nitrogens with two attached hydrogens (primary N) is 1. The van der Waals surface area contributed by atoms with Crippen LogP contribution in [0, 0.1) is 5.92 Å². The highest BCUT2D eigenvalue weighted by Crippen LogP contribution is 2.29. The lowest BCUT2D eigenvalue weighted by atomic mass is 9.91. The monoisotopic (exact) mass is 276 g/mol. The fraction of sp³-hybridized carbons (Fsp3) is 0.812. The van der Waals surface area contributed by atoms with Crippen LogP contribution in [0.3, 0.4) is 0 Å². The first kappa shape index (κ1) is 14.1. The Labute approximate surface area is 122 Å². The summed E-state index contributed by atoms with van der Waals surface area (Å²) in [5, 5.41) is 4.81. The maximum atomic E-state index is 5.98. The van der Waals surface area contributed by atoms with E-state index in [1.54, 1.807) is 0 Å². The van der Waals surface area contributed by atoms with E-state index < -0.39 is 0 Å². The van der Waals surface area contributed by atoms with Gasteiger partial charge in [-0.15, -0.1) is 0 Å². The summed E-state index contributed by atoms with van der Waals surface area (Å²) in [7, 11) is 0. The highest BCUT2D eigenvalue weighted by atomic mass is 15.3. The van der Waals surface area contributed by atoms with Crippen molar-refractivity contribution in [3.05, 3.63) is 18.0 Å². The molecule has 112 valence electrons. The first-order chi connectivity index (χ1) is 9.78. The summed E-state index contributed by atoms with van der Waals surface area (Å²) in [4.78, 5) is 2.54. The zero-order valence-corrected chi connectivity index (χ0v) is 12.7. The number of hydrogen-bond acceptors (Lipinski definition) is 3. The maximum absolute atomic E-state index is 5.98. The van der Waals surface area contributed by atoms with Gasteiger partial charge in [0.2, 0.25) is 0 Å². The van der Waals surface area contributed by atoms with E-state index in [0.717, 1.165) is 13.1 Å². The molecule has 2 N–H and O–H groups in total. The molecule has 0 amide bonds. The molecule has 1 aromatic heterocycles. The van der Waals surface area contributed by atoms with Crippen LogP contribution in [0.25, 0.3) is 0 Å². The zero-order chi connectivity index (χ0) is 13.9. The summed E-state index contributed by atoms with van der Waals surface area (Å²) in [6.45, 7) is 5.24. The van der Waals surface area contributed by atoms with E-state index in [-0.39, 0.29) is 0 Å². The molecule has 3 rings (SSSR count). The molecule has 2 aliphatic rings. The summed E-state index contributed by atoms with van der Waals surface area (Å²) < 4.78 is 2.20. The number of nitrogens with zero attached hydrogens (tertiary/aromatic N) is 3. The molecular weight excluding hydrogens is 248 g/mol.